The van der Waals surface area contributed by atoms with E-state index in [4.69, 9.17) is 9.47 Å². The molecule has 5 fully saturated rings. The predicted octanol–water partition coefficient (Wildman–Crippen LogP) is 7.13. The first-order chi connectivity index (χ1) is 13.8. The number of nitrogens with zero attached hydrogens (tertiary/aromatic N) is 1. The van der Waals surface area contributed by atoms with Crippen LogP contribution in [0.25, 0.3) is 0 Å². The summed E-state index contributed by atoms with van der Waals surface area (Å²) < 4.78 is 12.4. The second kappa shape index (κ2) is 12.2. The lowest BCUT2D eigenvalue weighted by atomic mass is 9.67. The van der Waals surface area contributed by atoms with Crippen LogP contribution in [-0.2, 0) is 9.47 Å². The van der Waals surface area contributed by atoms with Gasteiger partial charge in [0, 0.05) is 12.3 Å². The van der Waals surface area contributed by atoms with Crippen LogP contribution in [0.2, 0.25) is 0 Å². The summed E-state index contributed by atoms with van der Waals surface area (Å²) in [5, 5.41) is 9.41. The summed E-state index contributed by atoms with van der Waals surface area (Å²) in [7, 11) is 0. The average Bonchev–Trinajstić information content (AvgIpc) is 2.97. The zero-order valence-corrected chi connectivity index (χ0v) is 17.9. The Morgan fingerprint density at radius 1 is 0.821 bits per heavy atom. The predicted molar refractivity (Wildman–Crippen MR) is 113 cm³/mol. The van der Waals surface area contributed by atoms with Gasteiger partial charge in [-0.25, -0.2) is 0 Å². The van der Waals surface area contributed by atoms with Crippen molar-refractivity contribution >= 4 is 0 Å². The van der Waals surface area contributed by atoms with Crippen molar-refractivity contribution in [2.75, 3.05) is 0 Å². The van der Waals surface area contributed by atoms with Crippen LogP contribution in [0.5, 0.6) is 0 Å². The van der Waals surface area contributed by atoms with Crippen molar-refractivity contribution in [2.24, 2.45) is 17.8 Å². The Morgan fingerprint density at radius 2 is 1.36 bits per heavy atom. The molecule has 2 heterocycles. The molecular weight excluding hydrogens is 346 g/mol. The van der Waals surface area contributed by atoms with Crippen molar-refractivity contribution in [3.05, 3.63) is 13.2 Å². The molecule has 3 saturated carbocycles. The van der Waals surface area contributed by atoms with Crippen LogP contribution in [0.3, 0.4) is 0 Å². The van der Waals surface area contributed by atoms with Crippen LogP contribution >= 0.6 is 0 Å². The molecule has 5 atom stereocenters. The molecule has 5 unspecified atom stereocenters. The molecule has 3 aliphatic carbocycles. The minimum Gasteiger partial charge on any atom is -0.342 e. The highest BCUT2D eigenvalue weighted by Gasteiger charge is 2.47. The monoisotopic (exact) mass is 387 g/mol. The zero-order chi connectivity index (χ0) is 19.6. The lowest BCUT2D eigenvalue weighted by molar-refractivity contribution is -0.0708. The second-order valence-electron chi connectivity index (χ2n) is 9.44. The van der Waals surface area contributed by atoms with Crippen LogP contribution < -0.4 is 0 Å². The maximum atomic E-state index is 9.41. The Bertz CT molecular complexity index is 454. The minimum atomic E-state index is 0.254. The molecule has 0 spiro atoms. The van der Waals surface area contributed by atoms with Crippen molar-refractivity contribution in [1.29, 1.82) is 5.26 Å². The van der Waals surface area contributed by atoms with Gasteiger partial charge in [-0.15, -0.1) is 0 Å². The Morgan fingerprint density at radius 3 is 1.89 bits per heavy atom. The summed E-state index contributed by atoms with van der Waals surface area (Å²) in [5.74, 6) is 1.74. The SMILES string of the molecule is [CH2]CCCCCCCCC(C#N)CCCCC[C]1OC2CC3CCC2CC3O1. The molecule has 0 aromatic heterocycles. The van der Waals surface area contributed by atoms with Gasteiger partial charge in [-0.2, -0.15) is 5.26 Å². The molecule has 5 aliphatic rings. The number of fused-ring (bicyclic) bond motifs is 3. The van der Waals surface area contributed by atoms with Crippen LogP contribution in [0.1, 0.15) is 109 Å². The number of ether oxygens (including phenoxy) is 2. The van der Waals surface area contributed by atoms with Crippen LogP contribution in [0, 0.1) is 42.3 Å². The Hall–Kier alpha value is -0.590. The smallest absolute Gasteiger partial charge is 0.224 e. The standard InChI is InChI=1S/C25H41NO2/c1-2-3-4-5-6-7-9-12-20(19-26)13-10-8-11-14-25-27-23-18-22-16-15-21(23)17-24(22)28-25/h20-24H,1-18H2. The highest BCUT2D eigenvalue weighted by molar-refractivity contribution is 4.97. The van der Waals surface area contributed by atoms with Gasteiger partial charge in [0.25, 0.3) is 0 Å². The number of nitriles is 1. The van der Waals surface area contributed by atoms with Crippen LogP contribution in [0.4, 0.5) is 0 Å². The molecule has 2 aliphatic heterocycles. The quantitative estimate of drug-likeness (QED) is 0.298. The van der Waals surface area contributed by atoms with E-state index in [-0.39, 0.29) is 5.92 Å². The van der Waals surface area contributed by atoms with Crippen LogP contribution in [0.15, 0.2) is 0 Å². The molecule has 5 rings (SSSR count). The van der Waals surface area contributed by atoms with E-state index in [1.165, 1.54) is 70.6 Å². The van der Waals surface area contributed by atoms with Gasteiger partial charge in [0.15, 0.2) is 0 Å². The normalized spacial score (nSPS) is 30.3. The Labute approximate surface area is 173 Å². The first-order valence-corrected chi connectivity index (χ1v) is 12.2. The van der Waals surface area contributed by atoms with E-state index in [2.05, 4.69) is 13.0 Å². The van der Waals surface area contributed by atoms with E-state index in [0.29, 0.717) is 12.2 Å². The fraction of sp³-hybridized carbons (Fsp3) is 0.880. The second-order valence-corrected chi connectivity index (χ2v) is 9.44. The highest BCUT2D eigenvalue weighted by atomic mass is 16.7. The van der Waals surface area contributed by atoms with Crippen LogP contribution in [-0.4, -0.2) is 12.2 Å². The third kappa shape index (κ3) is 6.74. The van der Waals surface area contributed by atoms with E-state index in [9.17, 15) is 5.26 Å². The maximum Gasteiger partial charge on any atom is 0.224 e. The van der Waals surface area contributed by atoms with E-state index in [1.54, 1.807) is 0 Å². The lowest BCUT2D eigenvalue weighted by Gasteiger charge is -2.42. The van der Waals surface area contributed by atoms with Gasteiger partial charge in [-0.1, -0.05) is 64.7 Å². The van der Waals surface area contributed by atoms with Gasteiger partial charge in [-0.3, -0.25) is 0 Å². The number of rotatable bonds is 14. The van der Waals surface area contributed by atoms with Gasteiger partial charge in [0.1, 0.15) is 0 Å². The molecular formula is C25H41NO2. The molecule has 0 aromatic carbocycles. The molecule has 4 bridgehead atoms. The summed E-state index contributed by atoms with van der Waals surface area (Å²) in [6, 6.07) is 2.54. The third-order valence-electron chi connectivity index (χ3n) is 7.26. The summed E-state index contributed by atoms with van der Waals surface area (Å²) in [6.45, 7) is 3.89. The highest BCUT2D eigenvalue weighted by Crippen LogP contribution is 2.49. The summed E-state index contributed by atoms with van der Waals surface area (Å²) in [5.41, 5.74) is 0. The molecule has 28 heavy (non-hydrogen) atoms. The first kappa shape index (κ1) is 22.1. The molecule has 0 amide bonds. The molecule has 0 aromatic rings. The van der Waals surface area contributed by atoms with E-state index in [1.807, 2.05) is 0 Å². The lowest BCUT2D eigenvalue weighted by Crippen LogP contribution is -2.42. The zero-order valence-electron chi connectivity index (χ0n) is 17.9. The fourth-order valence-electron chi connectivity index (χ4n) is 5.48. The molecule has 2 saturated heterocycles. The number of hydrogen-bond acceptors (Lipinski definition) is 3. The van der Waals surface area contributed by atoms with E-state index in [0.717, 1.165) is 56.7 Å². The van der Waals surface area contributed by atoms with E-state index >= 15 is 0 Å². The van der Waals surface area contributed by atoms with Crippen molar-refractivity contribution < 1.29 is 9.47 Å². The van der Waals surface area contributed by atoms with Gasteiger partial charge < -0.3 is 9.47 Å². The number of unbranched alkanes of at least 4 members (excludes halogenated alkanes) is 8. The summed E-state index contributed by atoms with van der Waals surface area (Å²) in [4.78, 5) is 0. The van der Waals surface area contributed by atoms with Gasteiger partial charge >= 0.3 is 0 Å². The Kier molecular flexibility index (Phi) is 9.62. The molecule has 0 N–H and O–H groups in total. The first-order valence-electron chi connectivity index (χ1n) is 12.2. The topological polar surface area (TPSA) is 42.2 Å². The fourth-order valence-corrected chi connectivity index (χ4v) is 5.48. The average molecular weight is 388 g/mol. The summed E-state index contributed by atoms with van der Waals surface area (Å²) in [6.07, 6.45) is 22.3. The molecule has 3 heteroatoms. The van der Waals surface area contributed by atoms with Gasteiger partial charge in [-0.05, 0) is 56.8 Å². The minimum absolute atomic E-state index is 0.254. The van der Waals surface area contributed by atoms with Crippen molar-refractivity contribution in [2.45, 2.75) is 121 Å². The molecule has 3 nitrogen and oxygen atoms in total. The molecule has 2 radical (unpaired) electrons. The van der Waals surface area contributed by atoms with Crippen molar-refractivity contribution in [3.8, 4) is 6.07 Å². The summed E-state index contributed by atoms with van der Waals surface area (Å²) >= 11 is 0. The van der Waals surface area contributed by atoms with Gasteiger partial charge in [0.2, 0.25) is 6.29 Å². The maximum absolute atomic E-state index is 9.41. The third-order valence-corrected chi connectivity index (χ3v) is 7.26. The number of hydrogen-bond donors (Lipinski definition) is 0. The van der Waals surface area contributed by atoms with E-state index < -0.39 is 0 Å². The largest absolute Gasteiger partial charge is 0.342 e. The van der Waals surface area contributed by atoms with Crippen molar-refractivity contribution in [3.63, 3.8) is 0 Å². The Balaban J connectivity index is 1.20. The van der Waals surface area contributed by atoms with Crippen molar-refractivity contribution in [1.82, 2.24) is 0 Å². The molecule has 158 valence electrons. The van der Waals surface area contributed by atoms with Gasteiger partial charge in [0.05, 0.1) is 18.3 Å².